The minimum absolute atomic E-state index is 0.494. The van der Waals surface area contributed by atoms with Crippen LogP contribution in [0.25, 0.3) is 0 Å². The molecule has 2 nitrogen and oxygen atoms in total. The van der Waals surface area contributed by atoms with E-state index >= 15 is 0 Å². The average molecular weight is 638 g/mol. The van der Waals surface area contributed by atoms with Crippen LogP contribution in [0.1, 0.15) is 11.1 Å². The predicted molar refractivity (Wildman–Crippen MR) is 82.5 cm³/mol. The van der Waals surface area contributed by atoms with E-state index < -0.39 is 103 Å². The van der Waals surface area contributed by atoms with Crippen LogP contribution in [0.5, 0.6) is 0 Å². The molecular formula is C16H3F20O2P. The molecule has 0 spiro atoms. The van der Waals surface area contributed by atoms with Crippen LogP contribution in [0.2, 0.25) is 0 Å². The molecule has 39 heavy (non-hydrogen) atoms. The molecule has 1 aromatic carbocycles. The van der Waals surface area contributed by atoms with E-state index in [2.05, 4.69) is 9.05 Å². The maximum absolute atomic E-state index is 14.4. The van der Waals surface area contributed by atoms with Gasteiger partial charge in [0, 0.05) is 16.4 Å². The van der Waals surface area contributed by atoms with E-state index in [1.54, 1.807) is 0 Å². The van der Waals surface area contributed by atoms with Crippen LogP contribution in [0, 0.1) is 0 Å². The van der Waals surface area contributed by atoms with Crippen molar-refractivity contribution in [1.82, 2.24) is 0 Å². The van der Waals surface area contributed by atoms with Crippen molar-refractivity contribution >= 4 is 13.7 Å². The zero-order valence-corrected chi connectivity index (χ0v) is 17.9. The van der Waals surface area contributed by atoms with Gasteiger partial charge in [-0.25, -0.2) is 0 Å². The summed E-state index contributed by atoms with van der Waals surface area (Å²) in [6, 6.07) is -1.75. The van der Waals surface area contributed by atoms with E-state index in [0.717, 1.165) is 0 Å². The highest BCUT2D eigenvalue weighted by atomic mass is 31.2. The van der Waals surface area contributed by atoms with Crippen molar-refractivity contribution in [3.05, 3.63) is 29.3 Å². The lowest BCUT2D eigenvalue weighted by atomic mass is 9.75. The smallest absolute Gasteiger partial charge is 0.305 e. The summed E-state index contributed by atoms with van der Waals surface area (Å²) in [5.41, 5.74) is -18.9. The van der Waals surface area contributed by atoms with Gasteiger partial charge in [0.1, 0.15) is 0 Å². The lowest BCUT2D eigenvalue weighted by Crippen LogP contribution is -2.70. The maximum Gasteiger partial charge on any atom is 0.457 e. The van der Waals surface area contributed by atoms with Gasteiger partial charge in [-0.3, -0.25) is 0 Å². The Labute approximate surface area is 200 Å². The quantitative estimate of drug-likeness (QED) is 0.247. The van der Waals surface area contributed by atoms with Crippen molar-refractivity contribution in [3.63, 3.8) is 0 Å². The van der Waals surface area contributed by atoms with Gasteiger partial charge in [0.25, 0.3) is 0 Å². The largest absolute Gasteiger partial charge is 0.457 e. The Morgan fingerprint density at radius 1 is 0.436 bits per heavy atom. The fourth-order valence-electron chi connectivity index (χ4n) is 3.86. The lowest BCUT2D eigenvalue weighted by Gasteiger charge is -2.46. The molecule has 224 valence electrons. The first kappa shape index (κ1) is 31.7. The van der Waals surface area contributed by atoms with Crippen LogP contribution in [0.15, 0.2) is 18.2 Å². The second kappa shape index (κ2) is 7.92. The molecule has 0 atom stereocenters. The predicted octanol–water partition coefficient (Wildman–Crippen LogP) is 7.87. The lowest BCUT2D eigenvalue weighted by molar-refractivity contribution is -0.429. The maximum atomic E-state index is 14.4. The van der Waals surface area contributed by atoms with Gasteiger partial charge >= 0.3 is 48.4 Å². The molecule has 0 bridgehead atoms. The monoisotopic (exact) mass is 638 g/mol. The molecule has 2 aliphatic heterocycles. The van der Waals surface area contributed by atoms with Gasteiger partial charge in [-0.2, -0.15) is 87.8 Å². The van der Waals surface area contributed by atoms with Crippen molar-refractivity contribution in [2.75, 3.05) is 0 Å². The van der Waals surface area contributed by atoms with E-state index in [-0.39, 0.29) is 0 Å². The van der Waals surface area contributed by atoms with E-state index in [0.29, 0.717) is 0 Å². The molecule has 0 unspecified atom stereocenters. The first-order valence-electron chi connectivity index (χ1n) is 9.02. The Hall–Kier alpha value is -1.83. The number of benzene rings is 1. The number of alkyl halides is 20. The van der Waals surface area contributed by atoms with Gasteiger partial charge in [0.15, 0.2) is 0 Å². The van der Waals surface area contributed by atoms with Crippen LogP contribution in [-0.4, -0.2) is 48.4 Å². The minimum atomic E-state index is -7.47. The van der Waals surface area contributed by atoms with Crippen molar-refractivity contribution in [3.8, 4) is 0 Å². The van der Waals surface area contributed by atoms with Crippen LogP contribution in [-0.2, 0) is 20.2 Å². The normalized spacial score (nSPS) is 20.9. The SMILES string of the molecule is FC(F)(F)C(F)(F)C1(C(F)(F)C(F)(F)F)OP2OC(C(F)(F)C(F)(F)F)(C(F)(F)C(F)(F)F)c3cccc1c32. The second-order valence-corrected chi connectivity index (χ2v) is 9.12. The topological polar surface area (TPSA) is 18.5 Å². The molecule has 0 radical (unpaired) electrons. The highest BCUT2D eigenvalue weighted by Gasteiger charge is 2.93. The fraction of sp³-hybridized carbons (Fsp3) is 0.625. The first-order chi connectivity index (χ1) is 16.9. The molecular weight excluding hydrogens is 635 g/mol. The van der Waals surface area contributed by atoms with E-state index in [9.17, 15) is 87.8 Å². The van der Waals surface area contributed by atoms with Crippen molar-refractivity contribution < 1.29 is 96.9 Å². The minimum Gasteiger partial charge on any atom is -0.305 e. The summed E-state index contributed by atoms with van der Waals surface area (Å²) in [4.78, 5) is 0. The summed E-state index contributed by atoms with van der Waals surface area (Å²) in [7, 11) is -5.21. The summed E-state index contributed by atoms with van der Waals surface area (Å²) < 4.78 is 280. The molecule has 23 heteroatoms. The average Bonchev–Trinajstić information content (AvgIpc) is 3.22. The molecule has 0 amide bonds. The summed E-state index contributed by atoms with van der Waals surface area (Å²) in [5.74, 6) is -29.9. The van der Waals surface area contributed by atoms with E-state index in [1.807, 2.05) is 0 Å². The molecule has 0 N–H and O–H groups in total. The van der Waals surface area contributed by atoms with Gasteiger partial charge in [0.05, 0.1) is 0 Å². The highest BCUT2D eigenvalue weighted by molar-refractivity contribution is 7.57. The molecule has 0 aliphatic carbocycles. The van der Waals surface area contributed by atoms with Gasteiger partial charge in [0.2, 0.25) is 19.6 Å². The summed E-state index contributed by atoms with van der Waals surface area (Å²) in [6.45, 7) is 0. The van der Waals surface area contributed by atoms with Crippen LogP contribution in [0.4, 0.5) is 87.8 Å². The molecule has 0 fully saturated rings. The van der Waals surface area contributed by atoms with Crippen LogP contribution >= 0.6 is 8.38 Å². The molecule has 0 aromatic heterocycles. The molecule has 2 heterocycles. The van der Waals surface area contributed by atoms with Gasteiger partial charge in [-0.1, -0.05) is 18.2 Å². The number of hydrogen-bond donors (Lipinski definition) is 0. The number of halogens is 20. The fourth-order valence-corrected chi connectivity index (χ4v) is 6.09. The molecule has 0 saturated carbocycles. The van der Waals surface area contributed by atoms with Crippen LogP contribution < -0.4 is 5.30 Å². The van der Waals surface area contributed by atoms with E-state index in [1.165, 1.54) is 0 Å². The Bertz CT molecular complexity index is 1010. The molecule has 0 saturated heterocycles. The number of rotatable bonds is 4. The Morgan fingerprint density at radius 3 is 0.872 bits per heavy atom. The van der Waals surface area contributed by atoms with Gasteiger partial charge < -0.3 is 9.05 Å². The van der Waals surface area contributed by atoms with Gasteiger partial charge in [-0.15, -0.1) is 0 Å². The molecule has 2 aliphatic rings. The number of hydrogen-bond acceptors (Lipinski definition) is 2. The van der Waals surface area contributed by atoms with Crippen molar-refractivity contribution in [1.29, 1.82) is 0 Å². The zero-order valence-electron chi connectivity index (χ0n) is 17.1. The third kappa shape index (κ3) is 3.48. The zero-order chi connectivity index (χ0) is 30.8. The van der Waals surface area contributed by atoms with Crippen molar-refractivity contribution in [2.45, 2.75) is 59.6 Å². The van der Waals surface area contributed by atoms with Crippen LogP contribution in [0.3, 0.4) is 0 Å². The van der Waals surface area contributed by atoms with Crippen molar-refractivity contribution in [2.24, 2.45) is 0 Å². The molecule has 3 rings (SSSR count). The molecule has 1 aromatic rings. The summed E-state index contributed by atoms with van der Waals surface area (Å²) >= 11 is 0. The Kier molecular flexibility index (Phi) is 6.43. The Balaban J connectivity index is 2.57. The third-order valence-corrected chi connectivity index (χ3v) is 7.34. The first-order valence-corrected chi connectivity index (χ1v) is 10.2. The standard InChI is InChI=1S/C16H3F20O2P/c17-9(18,13(25,26)27)7(10(19,20)14(28,29)30)4-2-1-3-5-6(4)39(37-7)38-8(5,11(21,22)15(31,32)33)12(23,24)16(34,35)36/h1-3H. The second-order valence-electron chi connectivity index (χ2n) is 7.79. The van der Waals surface area contributed by atoms with Gasteiger partial charge in [-0.05, 0) is 0 Å². The Morgan fingerprint density at radius 2 is 0.667 bits per heavy atom. The third-order valence-electron chi connectivity index (χ3n) is 5.61. The van der Waals surface area contributed by atoms with E-state index in [4.69, 9.17) is 0 Å². The summed E-state index contributed by atoms with van der Waals surface area (Å²) in [5, 5.41) is -2.56. The summed E-state index contributed by atoms with van der Waals surface area (Å²) in [6.07, 6.45) is -29.9. The highest BCUT2D eigenvalue weighted by Crippen LogP contribution is 2.76.